The molecule has 0 aromatic carbocycles. The van der Waals surface area contributed by atoms with Gasteiger partial charge in [-0.05, 0) is 41.8 Å². The number of nitrogens with one attached hydrogen (secondary N) is 2. The molecule has 1 unspecified atom stereocenters. The van der Waals surface area contributed by atoms with Crippen molar-refractivity contribution >= 4 is 21.4 Å². The molecule has 0 radical (unpaired) electrons. The van der Waals surface area contributed by atoms with E-state index in [9.17, 15) is 8.42 Å². The van der Waals surface area contributed by atoms with Crippen molar-refractivity contribution < 1.29 is 8.42 Å². The molecule has 6 heteroatoms. The smallest absolute Gasteiger partial charge is 0.250 e. The van der Waals surface area contributed by atoms with Crippen molar-refractivity contribution in [3.8, 4) is 0 Å². The quantitative estimate of drug-likeness (QED) is 0.688. The molecule has 0 aliphatic rings. The molecule has 0 amide bonds. The lowest BCUT2D eigenvalue weighted by Gasteiger charge is -2.15. The average molecular weight is 319 g/mol. The van der Waals surface area contributed by atoms with E-state index in [-0.39, 0.29) is 0 Å². The van der Waals surface area contributed by atoms with Crippen molar-refractivity contribution in [1.29, 1.82) is 0 Å². The van der Waals surface area contributed by atoms with Crippen molar-refractivity contribution in [1.82, 2.24) is 10.0 Å². The second-order valence-corrected chi connectivity index (χ2v) is 8.43. The molecule has 1 heterocycles. The highest BCUT2D eigenvalue weighted by Gasteiger charge is 2.18. The zero-order chi connectivity index (χ0) is 15.2. The molecule has 20 heavy (non-hydrogen) atoms. The van der Waals surface area contributed by atoms with E-state index in [4.69, 9.17) is 0 Å². The number of sulfonamides is 1. The Morgan fingerprint density at radius 2 is 2.00 bits per heavy atom. The lowest BCUT2D eigenvalue weighted by Crippen LogP contribution is -2.29. The Morgan fingerprint density at radius 3 is 2.60 bits per heavy atom. The average Bonchev–Trinajstić information content (AvgIpc) is 2.86. The highest BCUT2D eigenvalue weighted by Crippen LogP contribution is 2.20. The summed E-state index contributed by atoms with van der Waals surface area (Å²) in [4.78, 5) is 0. The van der Waals surface area contributed by atoms with E-state index < -0.39 is 10.0 Å². The van der Waals surface area contributed by atoms with Gasteiger partial charge in [-0.1, -0.05) is 27.7 Å². The van der Waals surface area contributed by atoms with E-state index in [0.29, 0.717) is 22.6 Å². The molecule has 0 spiro atoms. The summed E-state index contributed by atoms with van der Waals surface area (Å²) in [6.45, 7) is 10.5. The summed E-state index contributed by atoms with van der Waals surface area (Å²) in [7, 11) is -3.36. The first-order chi connectivity index (χ1) is 9.36. The Hall–Kier alpha value is -0.430. The van der Waals surface area contributed by atoms with Crippen LogP contribution in [0.3, 0.4) is 0 Å². The third-order valence-corrected chi connectivity index (χ3v) is 6.30. The van der Waals surface area contributed by atoms with Crippen LogP contribution in [0.15, 0.2) is 15.7 Å². The predicted molar refractivity (Wildman–Crippen MR) is 85.5 cm³/mol. The van der Waals surface area contributed by atoms with Gasteiger partial charge < -0.3 is 5.32 Å². The number of hydrogen-bond donors (Lipinski definition) is 2. The van der Waals surface area contributed by atoms with Gasteiger partial charge in [-0.3, -0.25) is 0 Å². The summed E-state index contributed by atoms with van der Waals surface area (Å²) in [6.07, 6.45) is 1.07. The lowest BCUT2D eigenvalue weighted by molar-refractivity contribution is 0.415. The molecule has 0 aliphatic carbocycles. The SMILES string of the molecule is CCCNCc1csc(S(=O)(=O)NCC(C)C(C)C)c1. The van der Waals surface area contributed by atoms with E-state index >= 15 is 0 Å². The molecule has 1 rings (SSSR count). The maximum atomic E-state index is 12.2. The van der Waals surface area contributed by atoms with Gasteiger partial charge in [0.05, 0.1) is 0 Å². The molecule has 1 aromatic heterocycles. The van der Waals surface area contributed by atoms with Crippen molar-refractivity contribution in [3.05, 3.63) is 17.0 Å². The molecule has 116 valence electrons. The molecule has 0 fully saturated rings. The minimum Gasteiger partial charge on any atom is -0.313 e. The molecule has 2 N–H and O–H groups in total. The second-order valence-electron chi connectivity index (χ2n) is 5.52. The molecule has 0 aliphatic heterocycles. The van der Waals surface area contributed by atoms with Crippen LogP contribution in [0.4, 0.5) is 0 Å². The zero-order valence-electron chi connectivity index (χ0n) is 12.8. The van der Waals surface area contributed by atoms with Crippen LogP contribution in [0.2, 0.25) is 0 Å². The van der Waals surface area contributed by atoms with E-state index in [1.807, 2.05) is 5.38 Å². The Labute approximate surface area is 127 Å². The molecule has 1 aromatic rings. The molecule has 0 bridgehead atoms. The van der Waals surface area contributed by atoms with Crippen LogP contribution < -0.4 is 10.0 Å². The summed E-state index contributed by atoms with van der Waals surface area (Å²) >= 11 is 1.28. The summed E-state index contributed by atoms with van der Waals surface area (Å²) in [5.74, 6) is 0.797. The van der Waals surface area contributed by atoms with Crippen LogP contribution in [0, 0.1) is 11.8 Å². The Balaban J connectivity index is 2.59. The van der Waals surface area contributed by atoms with Gasteiger partial charge >= 0.3 is 0 Å². The maximum absolute atomic E-state index is 12.2. The van der Waals surface area contributed by atoms with Crippen molar-refractivity contribution in [2.45, 2.75) is 44.9 Å². The monoisotopic (exact) mass is 318 g/mol. The molecule has 0 saturated heterocycles. The van der Waals surface area contributed by atoms with Crippen molar-refractivity contribution in [2.24, 2.45) is 11.8 Å². The van der Waals surface area contributed by atoms with Gasteiger partial charge in [0, 0.05) is 13.1 Å². The van der Waals surface area contributed by atoms with E-state index in [1.54, 1.807) is 6.07 Å². The van der Waals surface area contributed by atoms with Crippen LogP contribution in [-0.2, 0) is 16.6 Å². The number of hydrogen-bond acceptors (Lipinski definition) is 4. The normalized spacial score (nSPS) is 13.8. The first-order valence-corrected chi connectivity index (χ1v) is 9.51. The van der Waals surface area contributed by atoms with Crippen LogP contribution in [0.1, 0.15) is 39.7 Å². The summed E-state index contributed by atoms with van der Waals surface area (Å²) in [5.41, 5.74) is 1.03. The van der Waals surface area contributed by atoms with Gasteiger partial charge in [-0.15, -0.1) is 11.3 Å². The largest absolute Gasteiger partial charge is 0.313 e. The fourth-order valence-electron chi connectivity index (χ4n) is 1.54. The topological polar surface area (TPSA) is 58.2 Å². The lowest BCUT2D eigenvalue weighted by atomic mass is 9.99. The van der Waals surface area contributed by atoms with E-state index in [2.05, 4.69) is 37.7 Å². The minimum absolute atomic E-state index is 0.329. The summed E-state index contributed by atoms with van der Waals surface area (Å²) in [5, 5.41) is 5.18. The third-order valence-electron chi connectivity index (χ3n) is 3.38. The van der Waals surface area contributed by atoms with Crippen molar-refractivity contribution in [2.75, 3.05) is 13.1 Å². The molecular weight excluding hydrogens is 292 g/mol. The highest BCUT2D eigenvalue weighted by atomic mass is 32.2. The van der Waals surface area contributed by atoms with Gasteiger partial charge in [-0.25, -0.2) is 13.1 Å². The first-order valence-electron chi connectivity index (χ1n) is 7.14. The fourth-order valence-corrected chi connectivity index (χ4v) is 3.94. The second kappa shape index (κ2) is 8.12. The summed E-state index contributed by atoms with van der Waals surface area (Å²) < 4.78 is 27.5. The van der Waals surface area contributed by atoms with Crippen LogP contribution in [0.5, 0.6) is 0 Å². The van der Waals surface area contributed by atoms with Gasteiger partial charge in [0.1, 0.15) is 4.21 Å². The molecule has 1 atom stereocenters. The number of thiophene rings is 1. The Bertz CT molecular complexity index is 495. The maximum Gasteiger partial charge on any atom is 0.250 e. The molecule has 0 saturated carbocycles. The Kier molecular flexibility index (Phi) is 7.15. The van der Waals surface area contributed by atoms with Gasteiger partial charge in [-0.2, -0.15) is 0 Å². The number of rotatable bonds is 9. The third kappa shape index (κ3) is 5.52. The first kappa shape index (κ1) is 17.6. The summed E-state index contributed by atoms with van der Waals surface area (Å²) in [6, 6.07) is 1.76. The van der Waals surface area contributed by atoms with Crippen LogP contribution in [0.25, 0.3) is 0 Å². The van der Waals surface area contributed by atoms with Gasteiger partial charge in [0.2, 0.25) is 10.0 Å². The molecular formula is C14H26N2O2S2. The fraction of sp³-hybridized carbons (Fsp3) is 0.714. The molecule has 4 nitrogen and oxygen atoms in total. The van der Waals surface area contributed by atoms with Gasteiger partial charge in [0.25, 0.3) is 0 Å². The van der Waals surface area contributed by atoms with Crippen LogP contribution in [-0.4, -0.2) is 21.5 Å². The highest BCUT2D eigenvalue weighted by molar-refractivity contribution is 7.91. The van der Waals surface area contributed by atoms with Gasteiger partial charge in [0.15, 0.2) is 0 Å². The van der Waals surface area contributed by atoms with Crippen LogP contribution >= 0.6 is 11.3 Å². The standard InChI is InChI=1S/C14H26N2O2S2/c1-5-6-15-9-13-7-14(19-10-13)20(17,18)16-8-12(4)11(2)3/h7,10-12,15-16H,5-6,8-9H2,1-4H3. The zero-order valence-corrected chi connectivity index (χ0v) is 14.4. The predicted octanol–water partition coefficient (Wildman–Crippen LogP) is 2.82. The Morgan fingerprint density at radius 1 is 1.30 bits per heavy atom. The minimum atomic E-state index is -3.36. The van der Waals surface area contributed by atoms with E-state index in [1.165, 1.54) is 11.3 Å². The van der Waals surface area contributed by atoms with E-state index in [0.717, 1.165) is 25.1 Å². The van der Waals surface area contributed by atoms with Crippen molar-refractivity contribution in [3.63, 3.8) is 0 Å².